The number of nitrogens with one attached hydrogen (secondary N) is 2. The molecule has 0 bridgehead atoms. The molecule has 2 aliphatic heterocycles. The SMILES string of the molecule is CCc1nn(CCCOC(=O)c2ccc(S(=O)(=O)NC)cc2)c2c1C(=O)NCC1(CCOCC1)C2. The van der Waals surface area contributed by atoms with Gasteiger partial charge >= 0.3 is 5.97 Å². The number of amides is 1. The molecule has 3 heterocycles. The number of aryl methyl sites for hydroxylation is 2. The summed E-state index contributed by atoms with van der Waals surface area (Å²) in [7, 11) is -2.24. The van der Waals surface area contributed by atoms with Crippen LogP contribution in [0.2, 0.25) is 0 Å². The van der Waals surface area contributed by atoms with E-state index in [1.165, 1.54) is 31.3 Å². The minimum absolute atomic E-state index is 0.0264. The number of esters is 1. The highest BCUT2D eigenvalue weighted by atomic mass is 32.2. The Hall–Kier alpha value is -2.76. The highest BCUT2D eigenvalue weighted by Crippen LogP contribution is 2.37. The molecule has 11 heteroatoms. The van der Waals surface area contributed by atoms with Crippen molar-refractivity contribution < 1.29 is 27.5 Å². The van der Waals surface area contributed by atoms with Crippen molar-refractivity contribution in [3.63, 3.8) is 0 Å². The van der Waals surface area contributed by atoms with Crippen LogP contribution < -0.4 is 10.0 Å². The lowest BCUT2D eigenvalue weighted by Crippen LogP contribution is -2.40. The van der Waals surface area contributed by atoms with Crippen LogP contribution in [0, 0.1) is 5.41 Å². The second-order valence-corrected chi connectivity index (χ2v) is 10.9. The van der Waals surface area contributed by atoms with Crippen LogP contribution >= 0.6 is 0 Å². The summed E-state index contributed by atoms with van der Waals surface area (Å²) in [5.41, 5.74) is 2.67. The van der Waals surface area contributed by atoms with Gasteiger partial charge in [-0.15, -0.1) is 0 Å². The molecule has 0 atom stereocenters. The Labute approximate surface area is 205 Å². The topological polar surface area (TPSA) is 129 Å². The van der Waals surface area contributed by atoms with Crippen LogP contribution in [0.3, 0.4) is 0 Å². The van der Waals surface area contributed by atoms with E-state index in [1.807, 2.05) is 11.6 Å². The van der Waals surface area contributed by atoms with Gasteiger partial charge in [0.2, 0.25) is 10.0 Å². The number of sulfonamides is 1. The summed E-state index contributed by atoms with van der Waals surface area (Å²) >= 11 is 0. The number of hydrogen-bond acceptors (Lipinski definition) is 7. The van der Waals surface area contributed by atoms with Gasteiger partial charge in [-0.1, -0.05) is 6.92 Å². The standard InChI is InChI=1S/C24H32N4O6S/c1-3-19-21-20(15-24(16-26-22(21)29)9-13-33-14-10-24)28(27-19)11-4-12-34-23(30)17-5-7-18(8-6-17)35(31,32)25-2/h5-8,25H,3-4,9-16H2,1-2H3,(H,26,29). The van der Waals surface area contributed by atoms with E-state index >= 15 is 0 Å². The summed E-state index contributed by atoms with van der Waals surface area (Å²) < 4.78 is 38.7. The summed E-state index contributed by atoms with van der Waals surface area (Å²) in [6.07, 6.45) is 3.75. The molecule has 0 aliphatic carbocycles. The second kappa shape index (κ2) is 10.5. The van der Waals surface area contributed by atoms with Gasteiger partial charge in [0.25, 0.3) is 5.91 Å². The molecule has 0 unspecified atom stereocenters. The van der Waals surface area contributed by atoms with Crippen LogP contribution in [0.15, 0.2) is 29.2 Å². The third-order valence-corrected chi connectivity index (χ3v) is 8.26. The number of nitrogens with zero attached hydrogens (tertiary/aromatic N) is 2. The van der Waals surface area contributed by atoms with E-state index in [1.54, 1.807) is 0 Å². The van der Waals surface area contributed by atoms with Crippen LogP contribution in [-0.2, 0) is 38.9 Å². The molecule has 190 valence electrons. The molecule has 0 radical (unpaired) electrons. The van der Waals surface area contributed by atoms with Gasteiger partial charge in [-0.3, -0.25) is 9.48 Å². The Morgan fingerprint density at radius 1 is 1.26 bits per heavy atom. The number of benzene rings is 1. The van der Waals surface area contributed by atoms with Gasteiger partial charge in [0, 0.05) is 32.7 Å². The number of hydrogen-bond donors (Lipinski definition) is 2. The zero-order valence-electron chi connectivity index (χ0n) is 20.1. The molecule has 2 aromatic rings. The quantitative estimate of drug-likeness (QED) is 0.413. The first-order valence-electron chi connectivity index (χ1n) is 11.9. The van der Waals surface area contributed by atoms with Crippen LogP contribution in [0.25, 0.3) is 0 Å². The number of rotatable bonds is 8. The van der Waals surface area contributed by atoms with Crippen molar-refractivity contribution in [3.05, 3.63) is 46.8 Å². The lowest BCUT2D eigenvalue weighted by molar-refractivity contribution is 0.0152. The third-order valence-electron chi connectivity index (χ3n) is 6.83. The number of ether oxygens (including phenoxy) is 2. The number of aromatic nitrogens is 2. The molecule has 2 N–H and O–H groups in total. The van der Waals surface area contributed by atoms with Crippen LogP contribution in [-0.4, -0.2) is 63.5 Å². The van der Waals surface area contributed by atoms with Gasteiger partial charge in [0.1, 0.15) is 0 Å². The van der Waals surface area contributed by atoms with Gasteiger partial charge in [0.15, 0.2) is 0 Å². The fraction of sp³-hybridized carbons (Fsp3) is 0.542. The molecule has 35 heavy (non-hydrogen) atoms. The third kappa shape index (κ3) is 5.41. The predicted octanol–water partition coefficient (Wildman–Crippen LogP) is 1.68. The van der Waals surface area contributed by atoms with Crippen LogP contribution in [0.4, 0.5) is 0 Å². The lowest BCUT2D eigenvalue weighted by atomic mass is 9.76. The van der Waals surface area contributed by atoms with Gasteiger partial charge in [-0.2, -0.15) is 5.10 Å². The lowest BCUT2D eigenvalue weighted by Gasteiger charge is -2.36. The number of carbonyl (C=O) groups excluding carboxylic acids is 2. The largest absolute Gasteiger partial charge is 0.462 e. The summed E-state index contributed by atoms with van der Waals surface area (Å²) in [6.45, 7) is 4.71. The van der Waals surface area contributed by atoms with Crippen molar-refractivity contribution in [2.24, 2.45) is 5.41 Å². The van der Waals surface area contributed by atoms with E-state index in [4.69, 9.17) is 14.6 Å². The Morgan fingerprint density at radius 2 is 1.97 bits per heavy atom. The molecule has 1 spiro atoms. The summed E-state index contributed by atoms with van der Waals surface area (Å²) in [5.74, 6) is -0.589. The highest BCUT2D eigenvalue weighted by Gasteiger charge is 2.39. The maximum absolute atomic E-state index is 12.9. The minimum Gasteiger partial charge on any atom is -0.462 e. The summed E-state index contributed by atoms with van der Waals surface area (Å²) in [4.78, 5) is 25.4. The molecular weight excluding hydrogens is 472 g/mol. The molecule has 4 rings (SSSR count). The Kier molecular flexibility index (Phi) is 7.58. The Morgan fingerprint density at radius 3 is 2.63 bits per heavy atom. The zero-order valence-corrected chi connectivity index (χ0v) is 20.9. The van der Waals surface area contributed by atoms with Crippen molar-refractivity contribution >= 4 is 21.9 Å². The van der Waals surface area contributed by atoms with Crippen molar-refractivity contribution in [1.29, 1.82) is 0 Å². The van der Waals surface area contributed by atoms with E-state index in [0.717, 1.165) is 30.7 Å². The van der Waals surface area contributed by atoms with E-state index in [-0.39, 0.29) is 28.4 Å². The number of carbonyl (C=O) groups is 2. The number of fused-ring (bicyclic) bond motifs is 1. The summed E-state index contributed by atoms with van der Waals surface area (Å²) in [5, 5.41) is 7.83. The van der Waals surface area contributed by atoms with E-state index in [2.05, 4.69) is 10.0 Å². The fourth-order valence-corrected chi connectivity index (χ4v) is 5.44. The van der Waals surface area contributed by atoms with Gasteiger partial charge in [-0.05, 0) is 62.4 Å². The van der Waals surface area contributed by atoms with E-state index in [0.29, 0.717) is 44.7 Å². The van der Waals surface area contributed by atoms with Gasteiger partial charge in [-0.25, -0.2) is 17.9 Å². The molecule has 1 aromatic heterocycles. The molecular formula is C24H32N4O6S. The van der Waals surface area contributed by atoms with E-state index < -0.39 is 16.0 Å². The van der Waals surface area contributed by atoms with Crippen LogP contribution in [0.1, 0.15) is 58.3 Å². The van der Waals surface area contributed by atoms with Gasteiger partial charge < -0.3 is 14.8 Å². The average Bonchev–Trinajstić information content (AvgIpc) is 3.15. The molecule has 1 amide bonds. The first-order chi connectivity index (χ1) is 16.8. The maximum atomic E-state index is 12.9. The molecule has 1 saturated heterocycles. The highest BCUT2D eigenvalue weighted by molar-refractivity contribution is 7.89. The fourth-order valence-electron chi connectivity index (χ4n) is 4.71. The Balaban J connectivity index is 1.41. The van der Waals surface area contributed by atoms with Crippen molar-refractivity contribution in [1.82, 2.24) is 19.8 Å². The van der Waals surface area contributed by atoms with Crippen molar-refractivity contribution in [2.45, 2.75) is 50.5 Å². The molecule has 0 saturated carbocycles. The van der Waals surface area contributed by atoms with Crippen LogP contribution in [0.5, 0.6) is 0 Å². The molecule has 1 fully saturated rings. The normalized spacial score (nSPS) is 17.5. The minimum atomic E-state index is -3.56. The maximum Gasteiger partial charge on any atom is 0.338 e. The average molecular weight is 505 g/mol. The van der Waals surface area contributed by atoms with Crippen molar-refractivity contribution in [2.75, 3.05) is 33.4 Å². The molecule has 1 aromatic carbocycles. The van der Waals surface area contributed by atoms with Gasteiger partial charge in [0.05, 0.1) is 34.0 Å². The first kappa shape index (κ1) is 25.3. The predicted molar refractivity (Wildman–Crippen MR) is 128 cm³/mol. The smallest absolute Gasteiger partial charge is 0.338 e. The van der Waals surface area contributed by atoms with Crippen molar-refractivity contribution in [3.8, 4) is 0 Å². The molecule has 10 nitrogen and oxygen atoms in total. The van der Waals surface area contributed by atoms with E-state index in [9.17, 15) is 18.0 Å². The molecule has 2 aliphatic rings. The Bertz CT molecular complexity index is 1180. The first-order valence-corrected chi connectivity index (χ1v) is 13.4. The second-order valence-electron chi connectivity index (χ2n) is 9.04. The summed E-state index contributed by atoms with van der Waals surface area (Å²) in [6, 6.07) is 5.59. The monoisotopic (exact) mass is 504 g/mol. The zero-order chi connectivity index (χ0) is 25.1.